The van der Waals surface area contributed by atoms with Gasteiger partial charge in [-0.2, -0.15) is 0 Å². The van der Waals surface area contributed by atoms with E-state index >= 15 is 0 Å². The zero-order valence-corrected chi connectivity index (χ0v) is 20.0. The van der Waals surface area contributed by atoms with Crippen molar-refractivity contribution in [3.05, 3.63) is 93.6 Å². The molecule has 1 heterocycles. The van der Waals surface area contributed by atoms with E-state index in [9.17, 15) is 14.4 Å². The van der Waals surface area contributed by atoms with Gasteiger partial charge in [0.2, 0.25) is 5.91 Å². The van der Waals surface area contributed by atoms with E-state index in [0.29, 0.717) is 17.0 Å². The number of benzene rings is 3. The predicted molar refractivity (Wildman–Crippen MR) is 133 cm³/mol. The van der Waals surface area contributed by atoms with Crippen LogP contribution in [0.3, 0.4) is 0 Å². The summed E-state index contributed by atoms with van der Waals surface area (Å²) in [5, 5.41) is 5.56. The van der Waals surface area contributed by atoms with Crippen molar-refractivity contribution in [1.29, 1.82) is 0 Å². The quantitative estimate of drug-likeness (QED) is 0.339. The number of anilines is 1. The molecule has 3 aromatic rings. The van der Waals surface area contributed by atoms with Crippen LogP contribution >= 0.6 is 22.6 Å². The van der Waals surface area contributed by atoms with Gasteiger partial charge < -0.3 is 15.4 Å². The minimum absolute atomic E-state index is 0.200. The maximum Gasteiger partial charge on any atom is 0.325 e. The third kappa shape index (κ3) is 5.16. The lowest BCUT2D eigenvalue weighted by Crippen LogP contribution is -2.49. The highest BCUT2D eigenvalue weighted by Gasteiger charge is 2.45. The van der Waals surface area contributed by atoms with E-state index in [1.165, 1.54) is 0 Å². The van der Waals surface area contributed by atoms with Crippen LogP contribution in [0.5, 0.6) is 5.75 Å². The van der Waals surface area contributed by atoms with Crippen LogP contribution in [0.1, 0.15) is 17.2 Å². The van der Waals surface area contributed by atoms with E-state index in [4.69, 9.17) is 4.74 Å². The number of amides is 4. The molecule has 1 fully saturated rings. The maximum absolute atomic E-state index is 13.3. The molecule has 4 amide bonds. The first kappa shape index (κ1) is 22.8. The summed E-state index contributed by atoms with van der Waals surface area (Å²) in [6, 6.07) is 21.0. The average molecular weight is 555 g/mol. The Morgan fingerprint density at radius 2 is 1.70 bits per heavy atom. The van der Waals surface area contributed by atoms with Gasteiger partial charge in [-0.05, 0) is 70.1 Å². The molecule has 0 spiro atoms. The number of imide groups is 1. The lowest BCUT2D eigenvalue weighted by atomic mass is 10.0. The van der Waals surface area contributed by atoms with Crippen LogP contribution in [0.25, 0.3) is 0 Å². The van der Waals surface area contributed by atoms with Crippen molar-refractivity contribution in [2.75, 3.05) is 12.4 Å². The second-order valence-electron chi connectivity index (χ2n) is 7.57. The Bertz CT molecular complexity index is 1150. The number of halogens is 1. The molecule has 1 saturated heterocycles. The summed E-state index contributed by atoms with van der Waals surface area (Å²) in [7, 11) is 1.56. The summed E-state index contributed by atoms with van der Waals surface area (Å²) >= 11 is 2.18. The normalized spacial score (nSPS) is 16.3. The van der Waals surface area contributed by atoms with Gasteiger partial charge >= 0.3 is 6.03 Å². The second-order valence-corrected chi connectivity index (χ2v) is 8.81. The Kier molecular flexibility index (Phi) is 6.93. The van der Waals surface area contributed by atoms with Crippen molar-refractivity contribution in [1.82, 2.24) is 10.2 Å². The van der Waals surface area contributed by atoms with E-state index in [-0.39, 0.29) is 6.42 Å². The Morgan fingerprint density at radius 1 is 1.03 bits per heavy atom. The van der Waals surface area contributed by atoms with Gasteiger partial charge in [0, 0.05) is 15.7 Å². The third-order valence-corrected chi connectivity index (χ3v) is 6.14. The van der Waals surface area contributed by atoms with Crippen molar-refractivity contribution < 1.29 is 19.1 Å². The van der Waals surface area contributed by atoms with Crippen LogP contribution in [0, 0.1) is 3.57 Å². The Labute approximate surface area is 205 Å². The van der Waals surface area contributed by atoms with E-state index in [0.717, 1.165) is 14.0 Å². The highest BCUT2D eigenvalue weighted by Crippen LogP contribution is 2.27. The first-order chi connectivity index (χ1) is 16.0. The lowest BCUT2D eigenvalue weighted by Gasteiger charge is -2.25. The number of methoxy groups -OCH3 is 1. The molecule has 2 N–H and O–H groups in total. The fourth-order valence-corrected chi connectivity index (χ4v) is 4.07. The number of urea groups is 1. The number of carbonyl (C=O) groups is 3. The molecule has 0 unspecified atom stereocenters. The van der Waals surface area contributed by atoms with Crippen LogP contribution in [0.15, 0.2) is 78.9 Å². The number of rotatable bonds is 7. The minimum Gasteiger partial charge on any atom is -0.497 e. The van der Waals surface area contributed by atoms with Crippen molar-refractivity contribution in [3.63, 3.8) is 0 Å². The van der Waals surface area contributed by atoms with Gasteiger partial charge in [-0.3, -0.25) is 9.59 Å². The fraction of sp³-hybridized carbons (Fsp3) is 0.160. The molecule has 2 atom stereocenters. The van der Waals surface area contributed by atoms with Crippen molar-refractivity contribution in [2.45, 2.75) is 18.5 Å². The Hall–Kier alpha value is -3.40. The SMILES string of the molecule is COc1ccc([C@H]2NC(=O)N([C@@H](Cc3ccccc3)C(=O)Nc3ccc(I)cc3)C2=O)cc1. The van der Waals surface area contributed by atoms with Gasteiger partial charge in [0.1, 0.15) is 17.8 Å². The summed E-state index contributed by atoms with van der Waals surface area (Å²) in [6.45, 7) is 0. The topological polar surface area (TPSA) is 87.7 Å². The van der Waals surface area contributed by atoms with Crippen LogP contribution in [0.2, 0.25) is 0 Å². The molecular weight excluding hydrogens is 533 g/mol. The molecule has 0 bridgehead atoms. The monoisotopic (exact) mass is 555 g/mol. The number of hydrogen-bond donors (Lipinski definition) is 2. The summed E-state index contributed by atoms with van der Waals surface area (Å²) in [5.74, 6) is -0.256. The van der Waals surface area contributed by atoms with Gasteiger partial charge in [-0.25, -0.2) is 9.69 Å². The molecule has 8 heteroatoms. The summed E-state index contributed by atoms with van der Waals surface area (Å²) in [4.78, 5) is 40.6. The predicted octanol–water partition coefficient (Wildman–Crippen LogP) is 4.14. The van der Waals surface area contributed by atoms with Crippen molar-refractivity contribution in [2.24, 2.45) is 0 Å². The van der Waals surface area contributed by atoms with Crippen LogP contribution in [-0.2, 0) is 16.0 Å². The standard InChI is InChI=1S/C25H22IN3O4/c1-33-20-13-7-17(8-14-20)22-24(31)29(25(32)28-22)21(15-16-5-3-2-4-6-16)23(30)27-19-11-9-18(26)10-12-19/h2-14,21-22H,15H2,1H3,(H,27,30)(H,28,32)/t21-,22+/m0/s1. The van der Waals surface area contributed by atoms with Crippen LogP contribution in [0.4, 0.5) is 10.5 Å². The van der Waals surface area contributed by atoms with E-state index in [2.05, 4.69) is 33.2 Å². The molecule has 0 saturated carbocycles. The first-order valence-electron chi connectivity index (χ1n) is 10.3. The lowest BCUT2D eigenvalue weighted by molar-refractivity contribution is -0.134. The smallest absolute Gasteiger partial charge is 0.325 e. The molecule has 1 aliphatic heterocycles. The maximum atomic E-state index is 13.3. The molecule has 7 nitrogen and oxygen atoms in total. The first-order valence-corrected chi connectivity index (χ1v) is 11.4. The molecular formula is C25H22IN3O4. The highest BCUT2D eigenvalue weighted by molar-refractivity contribution is 14.1. The second kappa shape index (κ2) is 10.0. The molecule has 1 aliphatic rings. The van der Waals surface area contributed by atoms with Gasteiger partial charge in [0.05, 0.1) is 7.11 Å². The van der Waals surface area contributed by atoms with Gasteiger partial charge in [0.15, 0.2) is 0 Å². The highest BCUT2D eigenvalue weighted by atomic mass is 127. The van der Waals surface area contributed by atoms with Crippen molar-refractivity contribution in [3.8, 4) is 5.75 Å². The van der Waals surface area contributed by atoms with Gasteiger partial charge in [-0.15, -0.1) is 0 Å². The largest absolute Gasteiger partial charge is 0.497 e. The molecule has 0 aromatic heterocycles. The number of carbonyl (C=O) groups excluding carboxylic acids is 3. The van der Waals surface area contributed by atoms with Crippen molar-refractivity contribution >= 4 is 46.1 Å². The Morgan fingerprint density at radius 3 is 2.33 bits per heavy atom. The number of ether oxygens (including phenoxy) is 1. The van der Waals surface area contributed by atoms with Crippen LogP contribution in [-0.4, -0.2) is 35.9 Å². The van der Waals surface area contributed by atoms with Crippen LogP contribution < -0.4 is 15.4 Å². The van der Waals surface area contributed by atoms with E-state index < -0.39 is 29.9 Å². The molecule has 4 rings (SSSR count). The van der Waals surface area contributed by atoms with Gasteiger partial charge in [-0.1, -0.05) is 42.5 Å². The molecule has 33 heavy (non-hydrogen) atoms. The zero-order chi connectivity index (χ0) is 23.4. The summed E-state index contributed by atoms with van der Waals surface area (Å²) < 4.78 is 6.20. The molecule has 168 valence electrons. The molecule has 0 radical (unpaired) electrons. The van der Waals surface area contributed by atoms with Gasteiger partial charge in [0.25, 0.3) is 5.91 Å². The number of hydrogen-bond acceptors (Lipinski definition) is 4. The molecule has 0 aliphatic carbocycles. The minimum atomic E-state index is -1.01. The summed E-state index contributed by atoms with van der Waals surface area (Å²) in [5.41, 5.74) is 2.05. The number of nitrogens with one attached hydrogen (secondary N) is 2. The number of nitrogens with zero attached hydrogens (tertiary/aromatic N) is 1. The van der Waals surface area contributed by atoms with E-state index in [1.807, 2.05) is 42.5 Å². The average Bonchev–Trinajstić information content (AvgIpc) is 3.13. The summed E-state index contributed by atoms with van der Waals surface area (Å²) in [6.07, 6.45) is 0.200. The zero-order valence-electron chi connectivity index (χ0n) is 17.8. The molecule has 3 aromatic carbocycles. The third-order valence-electron chi connectivity index (χ3n) is 5.42. The Balaban J connectivity index is 1.62. The van der Waals surface area contributed by atoms with E-state index in [1.54, 1.807) is 43.5 Å². The fourth-order valence-electron chi connectivity index (χ4n) is 3.71.